The van der Waals surface area contributed by atoms with Gasteiger partial charge in [0.15, 0.2) is 0 Å². The van der Waals surface area contributed by atoms with Crippen LogP contribution < -0.4 is 5.32 Å². The summed E-state index contributed by atoms with van der Waals surface area (Å²) in [6, 6.07) is 7.09. The van der Waals surface area contributed by atoms with Crippen LogP contribution in [0.1, 0.15) is 25.0 Å². The van der Waals surface area contributed by atoms with Crippen molar-refractivity contribution in [2.24, 2.45) is 0 Å². The quantitative estimate of drug-likeness (QED) is 0.854. The van der Waals surface area contributed by atoms with Crippen LogP contribution >= 0.6 is 0 Å². The van der Waals surface area contributed by atoms with Crippen LogP contribution in [0, 0.1) is 6.92 Å². The zero-order chi connectivity index (χ0) is 12.4. The zero-order valence-corrected chi connectivity index (χ0v) is 11.2. The number of fused-ring (bicyclic) bond motifs is 1. The molecule has 2 heteroatoms. The van der Waals surface area contributed by atoms with Crippen molar-refractivity contribution in [3.8, 4) is 0 Å². The molecule has 1 aromatic heterocycles. The molecule has 1 unspecified atom stereocenters. The van der Waals surface area contributed by atoms with Gasteiger partial charge in [0.25, 0.3) is 0 Å². The molecule has 17 heavy (non-hydrogen) atoms. The van der Waals surface area contributed by atoms with E-state index in [-0.39, 0.29) is 0 Å². The molecule has 92 valence electrons. The molecule has 0 aliphatic rings. The highest BCUT2D eigenvalue weighted by atomic mass is 14.9. The third-order valence-corrected chi connectivity index (χ3v) is 3.55. The molecule has 2 nitrogen and oxygen atoms in total. The Morgan fingerprint density at radius 1 is 1.35 bits per heavy atom. The molecule has 0 aliphatic carbocycles. The van der Waals surface area contributed by atoms with Gasteiger partial charge in [0.2, 0.25) is 0 Å². The molecule has 1 N–H and O–H groups in total. The van der Waals surface area contributed by atoms with E-state index >= 15 is 0 Å². The van der Waals surface area contributed by atoms with E-state index in [1.807, 2.05) is 7.05 Å². The predicted octanol–water partition coefficient (Wildman–Crippen LogP) is 3.12. The molecule has 0 saturated heterocycles. The summed E-state index contributed by atoms with van der Waals surface area (Å²) >= 11 is 0. The average Bonchev–Trinajstić information content (AvgIpc) is 2.68. The van der Waals surface area contributed by atoms with Crippen molar-refractivity contribution in [2.75, 3.05) is 7.05 Å². The summed E-state index contributed by atoms with van der Waals surface area (Å²) in [6.45, 7) is 7.67. The van der Waals surface area contributed by atoms with Crippen molar-refractivity contribution >= 4 is 10.9 Å². The van der Waals surface area contributed by atoms with Gasteiger partial charge < -0.3 is 9.88 Å². The van der Waals surface area contributed by atoms with Crippen LogP contribution in [0.25, 0.3) is 10.9 Å². The summed E-state index contributed by atoms with van der Waals surface area (Å²) < 4.78 is 2.35. The maximum atomic E-state index is 3.32. The number of rotatable bonds is 4. The highest BCUT2D eigenvalue weighted by molar-refractivity contribution is 5.87. The third-order valence-electron chi connectivity index (χ3n) is 3.55. The fourth-order valence-electron chi connectivity index (χ4n) is 2.48. The van der Waals surface area contributed by atoms with E-state index in [1.165, 1.54) is 22.0 Å². The van der Waals surface area contributed by atoms with Gasteiger partial charge >= 0.3 is 0 Å². The SMILES string of the molecule is CCn1cc(CC(C)NC)c2c(C)cccc21. The Bertz CT molecular complexity index is 511. The van der Waals surface area contributed by atoms with Gasteiger partial charge in [-0.2, -0.15) is 0 Å². The van der Waals surface area contributed by atoms with E-state index < -0.39 is 0 Å². The molecule has 1 aromatic carbocycles. The molecule has 2 rings (SSSR count). The molecular formula is C15H22N2. The van der Waals surface area contributed by atoms with E-state index in [0.29, 0.717) is 6.04 Å². The molecular weight excluding hydrogens is 208 g/mol. The van der Waals surface area contributed by atoms with E-state index in [0.717, 1.165) is 13.0 Å². The number of nitrogens with zero attached hydrogens (tertiary/aromatic N) is 1. The Kier molecular flexibility index (Phi) is 3.53. The lowest BCUT2D eigenvalue weighted by Crippen LogP contribution is -2.23. The standard InChI is InChI=1S/C15H22N2/c1-5-17-10-13(9-12(3)16-4)15-11(2)7-6-8-14(15)17/h6-8,10,12,16H,5,9H2,1-4H3. The van der Waals surface area contributed by atoms with Gasteiger partial charge in [-0.1, -0.05) is 12.1 Å². The molecule has 0 spiro atoms. The van der Waals surface area contributed by atoms with Crippen molar-refractivity contribution < 1.29 is 0 Å². The number of hydrogen-bond donors (Lipinski definition) is 1. The fourth-order valence-corrected chi connectivity index (χ4v) is 2.48. The van der Waals surface area contributed by atoms with E-state index in [2.05, 4.69) is 55.1 Å². The zero-order valence-electron chi connectivity index (χ0n) is 11.2. The van der Waals surface area contributed by atoms with Gasteiger partial charge in [0, 0.05) is 29.7 Å². The minimum atomic E-state index is 0.519. The van der Waals surface area contributed by atoms with Gasteiger partial charge in [-0.25, -0.2) is 0 Å². The first kappa shape index (κ1) is 12.2. The lowest BCUT2D eigenvalue weighted by molar-refractivity contribution is 0.608. The Morgan fingerprint density at radius 3 is 2.76 bits per heavy atom. The second-order valence-electron chi connectivity index (χ2n) is 4.80. The van der Waals surface area contributed by atoms with Crippen molar-refractivity contribution in [1.29, 1.82) is 0 Å². The summed E-state index contributed by atoms with van der Waals surface area (Å²) in [5, 5.41) is 4.76. The lowest BCUT2D eigenvalue weighted by Gasteiger charge is -2.09. The van der Waals surface area contributed by atoms with E-state index in [1.54, 1.807) is 0 Å². The molecule has 0 radical (unpaired) electrons. The fraction of sp³-hybridized carbons (Fsp3) is 0.467. The molecule has 0 bridgehead atoms. The highest BCUT2D eigenvalue weighted by Gasteiger charge is 2.11. The Labute approximate surface area is 104 Å². The first-order chi connectivity index (χ1) is 8.17. The maximum Gasteiger partial charge on any atom is 0.0485 e. The normalized spacial score (nSPS) is 13.2. The molecule has 0 fully saturated rings. The third kappa shape index (κ3) is 2.22. The maximum absolute atomic E-state index is 3.32. The van der Waals surface area contributed by atoms with Crippen molar-refractivity contribution in [3.63, 3.8) is 0 Å². The first-order valence-electron chi connectivity index (χ1n) is 6.42. The Hall–Kier alpha value is -1.28. The van der Waals surface area contributed by atoms with Gasteiger partial charge in [-0.15, -0.1) is 0 Å². The number of nitrogens with one attached hydrogen (secondary N) is 1. The number of likely N-dealkylation sites (N-methyl/N-ethyl adjacent to an activating group) is 1. The first-order valence-corrected chi connectivity index (χ1v) is 6.42. The molecule has 0 aliphatic heterocycles. The molecule has 2 aromatic rings. The molecule has 1 heterocycles. The van der Waals surface area contributed by atoms with Gasteiger partial charge in [-0.05, 0) is 51.4 Å². The van der Waals surface area contributed by atoms with Crippen LogP contribution in [0.5, 0.6) is 0 Å². The summed E-state index contributed by atoms with van der Waals surface area (Å²) in [5.74, 6) is 0. The minimum Gasteiger partial charge on any atom is -0.347 e. The Balaban J connectivity index is 2.55. The second kappa shape index (κ2) is 4.92. The van der Waals surface area contributed by atoms with Crippen molar-refractivity contribution in [2.45, 2.75) is 39.8 Å². The molecule has 0 saturated carbocycles. The number of benzene rings is 1. The van der Waals surface area contributed by atoms with Crippen LogP contribution in [0.15, 0.2) is 24.4 Å². The average molecular weight is 230 g/mol. The number of aryl methyl sites for hydroxylation is 2. The topological polar surface area (TPSA) is 17.0 Å². The van der Waals surface area contributed by atoms with Crippen LogP contribution in [-0.4, -0.2) is 17.7 Å². The number of aromatic nitrogens is 1. The highest BCUT2D eigenvalue weighted by Crippen LogP contribution is 2.25. The van der Waals surface area contributed by atoms with Crippen LogP contribution in [0.3, 0.4) is 0 Å². The van der Waals surface area contributed by atoms with Crippen molar-refractivity contribution in [1.82, 2.24) is 9.88 Å². The Morgan fingerprint density at radius 2 is 2.12 bits per heavy atom. The lowest BCUT2D eigenvalue weighted by atomic mass is 10.0. The largest absolute Gasteiger partial charge is 0.347 e. The predicted molar refractivity (Wildman–Crippen MR) is 74.6 cm³/mol. The molecule has 1 atom stereocenters. The van der Waals surface area contributed by atoms with E-state index in [9.17, 15) is 0 Å². The van der Waals surface area contributed by atoms with E-state index in [4.69, 9.17) is 0 Å². The minimum absolute atomic E-state index is 0.519. The van der Waals surface area contributed by atoms with Gasteiger partial charge in [-0.3, -0.25) is 0 Å². The van der Waals surface area contributed by atoms with Crippen LogP contribution in [0.2, 0.25) is 0 Å². The van der Waals surface area contributed by atoms with Crippen molar-refractivity contribution in [3.05, 3.63) is 35.5 Å². The van der Waals surface area contributed by atoms with Crippen LogP contribution in [0.4, 0.5) is 0 Å². The summed E-state index contributed by atoms with van der Waals surface area (Å²) in [5.41, 5.74) is 4.21. The van der Waals surface area contributed by atoms with Crippen LogP contribution in [-0.2, 0) is 13.0 Å². The summed E-state index contributed by atoms with van der Waals surface area (Å²) in [4.78, 5) is 0. The summed E-state index contributed by atoms with van der Waals surface area (Å²) in [6.07, 6.45) is 3.40. The second-order valence-corrected chi connectivity index (χ2v) is 4.80. The smallest absolute Gasteiger partial charge is 0.0485 e. The van der Waals surface area contributed by atoms with Gasteiger partial charge in [0.1, 0.15) is 0 Å². The monoisotopic (exact) mass is 230 g/mol. The van der Waals surface area contributed by atoms with Gasteiger partial charge in [0.05, 0.1) is 0 Å². The summed E-state index contributed by atoms with van der Waals surface area (Å²) in [7, 11) is 2.02. The number of hydrogen-bond acceptors (Lipinski definition) is 1. The molecule has 0 amide bonds.